The minimum Gasteiger partial charge on any atom is -0.300 e. The zero-order valence-electron chi connectivity index (χ0n) is 16.3. The SMILES string of the molecule is Cc1cc(C2CCN([C@@H]3CCC4(CCC4)C3)CC2)c(C)c(C)c1C. The molecule has 1 atom stereocenters. The average molecular weight is 326 g/mol. The Labute approximate surface area is 148 Å². The fourth-order valence-electron chi connectivity index (χ4n) is 5.86. The summed E-state index contributed by atoms with van der Waals surface area (Å²) in [6, 6.07) is 3.41. The number of likely N-dealkylation sites (tertiary alicyclic amines) is 1. The summed E-state index contributed by atoms with van der Waals surface area (Å²) >= 11 is 0. The Bertz CT molecular complexity index is 617. The Morgan fingerprint density at radius 1 is 0.875 bits per heavy atom. The maximum absolute atomic E-state index is 2.85. The number of benzene rings is 1. The summed E-state index contributed by atoms with van der Waals surface area (Å²) in [5.41, 5.74) is 8.50. The van der Waals surface area contributed by atoms with Gasteiger partial charge in [0.1, 0.15) is 0 Å². The van der Waals surface area contributed by atoms with Crippen molar-refractivity contribution in [2.24, 2.45) is 5.41 Å². The number of piperidine rings is 1. The van der Waals surface area contributed by atoms with Crippen LogP contribution in [0.4, 0.5) is 0 Å². The topological polar surface area (TPSA) is 3.24 Å². The van der Waals surface area contributed by atoms with Crippen molar-refractivity contribution in [3.8, 4) is 0 Å². The first-order valence-electron chi connectivity index (χ1n) is 10.3. The van der Waals surface area contributed by atoms with Gasteiger partial charge < -0.3 is 4.90 Å². The molecule has 1 heterocycles. The van der Waals surface area contributed by atoms with E-state index in [0.29, 0.717) is 0 Å². The predicted octanol–water partition coefficient (Wildman–Crippen LogP) is 5.82. The molecule has 0 amide bonds. The predicted molar refractivity (Wildman–Crippen MR) is 103 cm³/mol. The van der Waals surface area contributed by atoms with Gasteiger partial charge in [0, 0.05) is 6.04 Å². The van der Waals surface area contributed by atoms with Crippen molar-refractivity contribution >= 4 is 0 Å². The molecule has 132 valence electrons. The maximum atomic E-state index is 2.85. The summed E-state index contributed by atoms with van der Waals surface area (Å²) in [5, 5.41) is 0. The molecule has 4 rings (SSSR count). The van der Waals surface area contributed by atoms with Gasteiger partial charge in [0.05, 0.1) is 0 Å². The lowest BCUT2D eigenvalue weighted by atomic mass is 9.67. The highest BCUT2D eigenvalue weighted by Gasteiger charge is 2.45. The fraction of sp³-hybridized carbons (Fsp3) is 0.739. The van der Waals surface area contributed by atoms with Gasteiger partial charge in [-0.1, -0.05) is 12.5 Å². The highest BCUT2D eigenvalue weighted by atomic mass is 15.2. The molecule has 3 aliphatic rings. The van der Waals surface area contributed by atoms with E-state index in [1.807, 2.05) is 0 Å². The van der Waals surface area contributed by atoms with Crippen molar-refractivity contribution in [1.29, 1.82) is 0 Å². The van der Waals surface area contributed by atoms with Gasteiger partial charge in [0.15, 0.2) is 0 Å². The van der Waals surface area contributed by atoms with Crippen LogP contribution in [0.25, 0.3) is 0 Å². The molecule has 1 heteroatoms. The van der Waals surface area contributed by atoms with E-state index in [0.717, 1.165) is 17.4 Å². The van der Waals surface area contributed by atoms with Gasteiger partial charge in [-0.15, -0.1) is 0 Å². The van der Waals surface area contributed by atoms with Crippen LogP contribution in [0.3, 0.4) is 0 Å². The summed E-state index contributed by atoms with van der Waals surface area (Å²) in [7, 11) is 0. The van der Waals surface area contributed by atoms with Gasteiger partial charge in [0.2, 0.25) is 0 Å². The van der Waals surface area contributed by atoms with Crippen molar-refractivity contribution < 1.29 is 0 Å². The molecule has 0 unspecified atom stereocenters. The van der Waals surface area contributed by atoms with Gasteiger partial charge in [-0.3, -0.25) is 0 Å². The molecule has 0 N–H and O–H groups in total. The van der Waals surface area contributed by atoms with E-state index in [1.54, 1.807) is 11.1 Å². The standard InChI is InChI=1S/C23H35N/c1-16-14-22(19(4)18(3)17(16)2)20-7-12-24(13-8-20)21-6-11-23(15-21)9-5-10-23/h14,20-21H,5-13,15H2,1-4H3/t21-/m1/s1. The number of aryl methyl sites for hydroxylation is 1. The largest absolute Gasteiger partial charge is 0.300 e. The van der Waals surface area contributed by atoms with Gasteiger partial charge >= 0.3 is 0 Å². The lowest BCUT2D eigenvalue weighted by molar-refractivity contribution is 0.104. The van der Waals surface area contributed by atoms with Crippen LogP contribution < -0.4 is 0 Å². The van der Waals surface area contributed by atoms with Crippen LogP contribution in [-0.4, -0.2) is 24.0 Å². The molecular formula is C23H35N. The Morgan fingerprint density at radius 2 is 1.58 bits per heavy atom. The number of hydrogen-bond acceptors (Lipinski definition) is 1. The van der Waals surface area contributed by atoms with Crippen molar-refractivity contribution in [3.05, 3.63) is 33.9 Å². The average Bonchev–Trinajstić information content (AvgIpc) is 3.02. The molecule has 3 fully saturated rings. The van der Waals surface area contributed by atoms with E-state index in [4.69, 9.17) is 0 Å². The number of rotatable bonds is 2. The summed E-state index contributed by atoms with van der Waals surface area (Å²) in [4.78, 5) is 2.85. The molecular weight excluding hydrogens is 290 g/mol. The second-order valence-electron chi connectivity index (χ2n) is 9.22. The monoisotopic (exact) mass is 325 g/mol. The van der Waals surface area contributed by atoms with Crippen molar-refractivity contribution in [3.63, 3.8) is 0 Å². The zero-order valence-corrected chi connectivity index (χ0v) is 16.3. The van der Waals surface area contributed by atoms with Crippen molar-refractivity contribution in [2.75, 3.05) is 13.1 Å². The zero-order chi connectivity index (χ0) is 16.9. The Kier molecular flexibility index (Phi) is 4.27. The molecule has 1 aromatic rings. The first-order chi connectivity index (χ1) is 11.5. The van der Waals surface area contributed by atoms with Gasteiger partial charge in [-0.25, -0.2) is 0 Å². The van der Waals surface area contributed by atoms with E-state index >= 15 is 0 Å². The smallest absolute Gasteiger partial charge is 0.0101 e. The van der Waals surface area contributed by atoms with Crippen LogP contribution in [0.1, 0.15) is 85.1 Å². The molecule has 0 bridgehead atoms. The molecule has 0 aromatic heterocycles. The summed E-state index contributed by atoms with van der Waals surface area (Å²) in [6.45, 7) is 11.9. The third kappa shape index (κ3) is 2.73. The molecule has 1 nitrogen and oxygen atoms in total. The van der Waals surface area contributed by atoms with Gasteiger partial charge in [-0.05, 0) is 125 Å². The Morgan fingerprint density at radius 3 is 2.17 bits per heavy atom. The molecule has 1 saturated heterocycles. The molecule has 0 radical (unpaired) electrons. The minimum absolute atomic E-state index is 0.790. The number of hydrogen-bond donors (Lipinski definition) is 0. The van der Waals surface area contributed by atoms with Crippen LogP contribution in [-0.2, 0) is 0 Å². The summed E-state index contributed by atoms with van der Waals surface area (Å²) < 4.78 is 0. The second kappa shape index (κ2) is 6.16. The first kappa shape index (κ1) is 16.6. The van der Waals surface area contributed by atoms with E-state index in [-0.39, 0.29) is 0 Å². The highest BCUT2D eigenvalue weighted by molar-refractivity contribution is 5.45. The highest BCUT2D eigenvalue weighted by Crippen LogP contribution is 2.54. The normalized spacial score (nSPS) is 27.6. The molecule has 1 spiro atoms. The van der Waals surface area contributed by atoms with E-state index in [2.05, 4.69) is 38.7 Å². The maximum Gasteiger partial charge on any atom is 0.0101 e. The Balaban J connectivity index is 1.42. The van der Waals surface area contributed by atoms with Crippen LogP contribution in [0, 0.1) is 33.1 Å². The lowest BCUT2D eigenvalue weighted by Gasteiger charge is -2.41. The third-order valence-electron chi connectivity index (χ3n) is 8.10. The van der Waals surface area contributed by atoms with E-state index in [9.17, 15) is 0 Å². The Hall–Kier alpha value is -0.820. The van der Waals surface area contributed by atoms with E-state index in [1.165, 1.54) is 81.1 Å². The summed E-state index contributed by atoms with van der Waals surface area (Å²) in [5.74, 6) is 0.790. The minimum atomic E-state index is 0.790. The molecule has 2 aliphatic carbocycles. The first-order valence-corrected chi connectivity index (χ1v) is 10.3. The third-order valence-corrected chi connectivity index (χ3v) is 8.10. The fourth-order valence-corrected chi connectivity index (χ4v) is 5.86. The van der Waals surface area contributed by atoms with Gasteiger partial charge in [-0.2, -0.15) is 0 Å². The van der Waals surface area contributed by atoms with Crippen LogP contribution in [0.5, 0.6) is 0 Å². The molecule has 1 aliphatic heterocycles. The molecule has 24 heavy (non-hydrogen) atoms. The van der Waals surface area contributed by atoms with Crippen molar-refractivity contribution in [1.82, 2.24) is 4.90 Å². The van der Waals surface area contributed by atoms with Crippen LogP contribution in [0.15, 0.2) is 6.07 Å². The van der Waals surface area contributed by atoms with Gasteiger partial charge in [0.25, 0.3) is 0 Å². The second-order valence-corrected chi connectivity index (χ2v) is 9.22. The quantitative estimate of drug-likeness (QED) is 0.662. The summed E-state index contributed by atoms with van der Waals surface area (Å²) in [6.07, 6.45) is 11.8. The van der Waals surface area contributed by atoms with Crippen LogP contribution in [0.2, 0.25) is 0 Å². The van der Waals surface area contributed by atoms with E-state index < -0.39 is 0 Å². The number of nitrogens with zero attached hydrogens (tertiary/aromatic N) is 1. The molecule has 2 saturated carbocycles. The van der Waals surface area contributed by atoms with Crippen LogP contribution >= 0.6 is 0 Å². The molecule has 1 aromatic carbocycles. The van der Waals surface area contributed by atoms with Crippen molar-refractivity contribution in [2.45, 2.75) is 91.0 Å². The lowest BCUT2D eigenvalue weighted by Crippen LogP contribution is -2.41.